The van der Waals surface area contributed by atoms with Crippen LogP contribution >= 0.6 is 11.6 Å². The maximum absolute atomic E-state index is 6.32. The number of hydrogen-bond acceptors (Lipinski definition) is 2. The van der Waals surface area contributed by atoms with Crippen molar-refractivity contribution in [3.8, 4) is 5.75 Å². The fraction of sp³-hybridized carbons (Fsp3) is 0.538. The Kier molecular flexibility index (Phi) is 4.63. The zero-order valence-electron chi connectivity index (χ0n) is 10.7. The van der Waals surface area contributed by atoms with Gasteiger partial charge in [0.25, 0.3) is 0 Å². The number of ether oxygens (including phenoxy) is 1. The van der Waals surface area contributed by atoms with Gasteiger partial charge in [-0.15, -0.1) is 0 Å². The summed E-state index contributed by atoms with van der Waals surface area (Å²) in [5.41, 5.74) is 4.61. The van der Waals surface area contributed by atoms with Crippen LogP contribution in [0.3, 0.4) is 0 Å². The molecule has 0 saturated carbocycles. The third-order valence-corrected chi connectivity index (χ3v) is 3.68. The Morgan fingerprint density at radius 2 is 1.75 bits per heavy atom. The van der Waals surface area contributed by atoms with Crippen molar-refractivity contribution in [2.75, 3.05) is 20.7 Å². The topological polar surface area (TPSA) is 21.3 Å². The fourth-order valence-corrected chi connectivity index (χ4v) is 2.23. The second-order valence-electron chi connectivity index (χ2n) is 4.05. The molecule has 0 aliphatic rings. The van der Waals surface area contributed by atoms with Crippen molar-refractivity contribution in [2.24, 2.45) is 0 Å². The Labute approximate surface area is 103 Å². The van der Waals surface area contributed by atoms with Crippen LogP contribution in [-0.2, 0) is 6.42 Å². The van der Waals surface area contributed by atoms with E-state index in [2.05, 4.69) is 19.2 Å². The molecule has 0 bridgehead atoms. The van der Waals surface area contributed by atoms with Gasteiger partial charge in [0.15, 0.2) is 0 Å². The van der Waals surface area contributed by atoms with E-state index in [-0.39, 0.29) is 0 Å². The Balaban J connectivity index is 3.33. The summed E-state index contributed by atoms with van der Waals surface area (Å²) in [6.45, 7) is 7.08. The van der Waals surface area contributed by atoms with Gasteiger partial charge in [-0.25, -0.2) is 0 Å². The Morgan fingerprint density at radius 1 is 1.12 bits per heavy atom. The number of methoxy groups -OCH3 is 1. The maximum Gasteiger partial charge on any atom is 0.125 e. The summed E-state index contributed by atoms with van der Waals surface area (Å²) in [4.78, 5) is 0. The average Bonchev–Trinajstić information content (AvgIpc) is 2.29. The minimum absolute atomic E-state index is 0.865. The lowest BCUT2D eigenvalue weighted by molar-refractivity contribution is 0.405. The van der Waals surface area contributed by atoms with E-state index in [1.165, 1.54) is 5.56 Å². The number of benzene rings is 1. The number of nitrogens with one attached hydrogen (secondary N) is 1. The maximum atomic E-state index is 6.32. The highest BCUT2D eigenvalue weighted by Gasteiger charge is 2.16. The highest BCUT2D eigenvalue weighted by atomic mass is 35.5. The van der Waals surface area contributed by atoms with Crippen LogP contribution in [0, 0.1) is 20.8 Å². The van der Waals surface area contributed by atoms with E-state index in [0.717, 1.165) is 40.4 Å². The van der Waals surface area contributed by atoms with Crippen molar-refractivity contribution in [3.63, 3.8) is 0 Å². The molecule has 0 aliphatic carbocycles. The summed E-state index contributed by atoms with van der Waals surface area (Å²) < 4.78 is 5.50. The van der Waals surface area contributed by atoms with Crippen LogP contribution in [0.5, 0.6) is 5.75 Å². The van der Waals surface area contributed by atoms with Crippen LogP contribution in [-0.4, -0.2) is 20.7 Å². The van der Waals surface area contributed by atoms with Crippen LogP contribution in [0.1, 0.15) is 22.3 Å². The number of likely N-dealkylation sites (N-methyl/N-ethyl adjacent to an activating group) is 1. The lowest BCUT2D eigenvalue weighted by atomic mass is 9.96. The number of rotatable bonds is 4. The molecule has 0 saturated heterocycles. The van der Waals surface area contributed by atoms with Gasteiger partial charge in [0.05, 0.1) is 7.11 Å². The lowest BCUT2D eigenvalue weighted by Crippen LogP contribution is -2.13. The van der Waals surface area contributed by atoms with Gasteiger partial charge in [-0.3, -0.25) is 0 Å². The van der Waals surface area contributed by atoms with Crippen molar-refractivity contribution in [1.29, 1.82) is 0 Å². The van der Waals surface area contributed by atoms with E-state index in [1.807, 2.05) is 14.0 Å². The predicted molar refractivity (Wildman–Crippen MR) is 69.8 cm³/mol. The molecule has 0 fully saturated rings. The second-order valence-corrected chi connectivity index (χ2v) is 4.43. The van der Waals surface area contributed by atoms with Gasteiger partial charge in [0.2, 0.25) is 0 Å². The molecule has 0 amide bonds. The van der Waals surface area contributed by atoms with Gasteiger partial charge in [-0.05, 0) is 57.5 Å². The van der Waals surface area contributed by atoms with Gasteiger partial charge in [0, 0.05) is 10.6 Å². The first-order valence-corrected chi connectivity index (χ1v) is 5.89. The second kappa shape index (κ2) is 5.55. The lowest BCUT2D eigenvalue weighted by Gasteiger charge is -2.18. The van der Waals surface area contributed by atoms with E-state index in [0.29, 0.717) is 0 Å². The molecule has 0 spiro atoms. The van der Waals surface area contributed by atoms with Crippen LogP contribution in [0.4, 0.5) is 0 Å². The van der Waals surface area contributed by atoms with E-state index >= 15 is 0 Å². The minimum atomic E-state index is 0.865. The zero-order valence-corrected chi connectivity index (χ0v) is 11.5. The minimum Gasteiger partial charge on any atom is -0.496 e. The molecule has 0 atom stereocenters. The summed E-state index contributed by atoms with van der Waals surface area (Å²) in [6, 6.07) is 0. The molecule has 0 aromatic heterocycles. The summed E-state index contributed by atoms with van der Waals surface area (Å²) in [6.07, 6.45) is 0.937. The third kappa shape index (κ3) is 2.33. The van der Waals surface area contributed by atoms with Gasteiger partial charge in [-0.1, -0.05) is 11.6 Å². The molecule has 0 unspecified atom stereocenters. The monoisotopic (exact) mass is 241 g/mol. The highest BCUT2D eigenvalue weighted by molar-refractivity contribution is 6.32. The third-order valence-electron chi connectivity index (χ3n) is 3.12. The molecule has 0 aliphatic heterocycles. The van der Waals surface area contributed by atoms with Crippen molar-refractivity contribution in [3.05, 3.63) is 27.3 Å². The first-order valence-electron chi connectivity index (χ1n) is 5.51. The predicted octanol–water partition coefficient (Wildman–Crippen LogP) is 3.04. The molecule has 1 aromatic rings. The van der Waals surface area contributed by atoms with Crippen LogP contribution in [0.15, 0.2) is 0 Å². The van der Waals surface area contributed by atoms with Gasteiger partial charge >= 0.3 is 0 Å². The first kappa shape index (κ1) is 13.3. The summed E-state index contributed by atoms with van der Waals surface area (Å²) in [7, 11) is 3.67. The molecule has 2 nitrogen and oxygen atoms in total. The Hall–Kier alpha value is -0.730. The molecular formula is C13H20ClNO. The molecule has 3 heteroatoms. The normalized spacial score (nSPS) is 10.6. The number of halogens is 1. The van der Waals surface area contributed by atoms with E-state index in [1.54, 1.807) is 7.11 Å². The highest BCUT2D eigenvalue weighted by Crippen LogP contribution is 2.35. The molecule has 0 radical (unpaired) electrons. The molecule has 1 aromatic carbocycles. The fourth-order valence-electron chi connectivity index (χ4n) is 1.97. The van der Waals surface area contributed by atoms with Gasteiger partial charge < -0.3 is 10.1 Å². The SMILES string of the molecule is CNCCc1c(C)c(Cl)c(C)c(C)c1OC. The Bertz CT molecular complexity index is 388. The quantitative estimate of drug-likeness (QED) is 0.875. The summed E-state index contributed by atoms with van der Waals surface area (Å²) >= 11 is 6.32. The van der Waals surface area contributed by atoms with Crippen molar-refractivity contribution in [1.82, 2.24) is 5.32 Å². The Morgan fingerprint density at radius 3 is 2.25 bits per heavy atom. The largest absolute Gasteiger partial charge is 0.496 e. The molecular weight excluding hydrogens is 222 g/mol. The average molecular weight is 242 g/mol. The molecule has 0 heterocycles. The van der Waals surface area contributed by atoms with Crippen LogP contribution < -0.4 is 10.1 Å². The zero-order chi connectivity index (χ0) is 12.3. The van der Waals surface area contributed by atoms with E-state index in [4.69, 9.17) is 16.3 Å². The molecule has 1 N–H and O–H groups in total. The standard InChI is InChI=1S/C13H20ClNO/c1-8-9(2)13(16-5)11(6-7-15-4)10(3)12(8)14/h15H,6-7H2,1-5H3. The van der Waals surface area contributed by atoms with Crippen LogP contribution in [0.25, 0.3) is 0 Å². The van der Waals surface area contributed by atoms with Gasteiger partial charge in [-0.2, -0.15) is 0 Å². The van der Waals surface area contributed by atoms with E-state index < -0.39 is 0 Å². The first-order chi connectivity index (χ1) is 7.54. The van der Waals surface area contributed by atoms with Crippen molar-refractivity contribution in [2.45, 2.75) is 27.2 Å². The summed E-state index contributed by atoms with van der Waals surface area (Å²) in [5.74, 6) is 0.981. The van der Waals surface area contributed by atoms with Crippen molar-refractivity contribution >= 4 is 11.6 Å². The van der Waals surface area contributed by atoms with E-state index in [9.17, 15) is 0 Å². The molecule has 16 heavy (non-hydrogen) atoms. The number of hydrogen-bond donors (Lipinski definition) is 1. The smallest absolute Gasteiger partial charge is 0.125 e. The van der Waals surface area contributed by atoms with Crippen molar-refractivity contribution < 1.29 is 4.74 Å². The molecule has 90 valence electrons. The molecule has 1 rings (SSSR count). The summed E-state index contributed by atoms with van der Waals surface area (Å²) in [5, 5.41) is 4.01. The van der Waals surface area contributed by atoms with Gasteiger partial charge in [0.1, 0.15) is 5.75 Å². The van der Waals surface area contributed by atoms with Crippen LogP contribution in [0.2, 0.25) is 5.02 Å².